The van der Waals surface area contributed by atoms with E-state index < -0.39 is 50.1 Å². The number of urea groups is 1. The lowest BCUT2D eigenvalue weighted by molar-refractivity contribution is 0.251. The van der Waals surface area contributed by atoms with Crippen molar-refractivity contribution in [2.75, 3.05) is 18.6 Å². The van der Waals surface area contributed by atoms with Crippen molar-refractivity contribution in [3.63, 3.8) is 0 Å². The van der Waals surface area contributed by atoms with E-state index in [0.29, 0.717) is 0 Å². The third-order valence-corrected chi connectivity index (χ3v) is 3.26. The Morgan fingerprint density at radius 1 is 1.10 bits per heavy atom. The molecule has 5 nitrogen and oxygen atoms in total. The van der Waals surface area contributed by atoms with Gasteiger partial charge in [0.2, 0.25) is 5.82 Å². The molecule has 0 aromatic heterocycles. The zero-order valence-electron chi connectivity index (χ0n) is 9.94. The Labute approximate surface area is 111 Å². The highest BCUT2D eigenvalue weighted by molar-refractivity contribution is 6.43. The zero-order chi connectivity index (χ0) is 15.4. The van der Waals surface area contributed by atoms with E-state index in [-0.39, 0.29) is 6.17 Å². The van der Waals surface area contributed by atoms with Crippen LogP contribution in [0.3, 0.4) is 0 Å². The summed E-state index contributed by atoms with van der Waals surface area (Å²) in [7, 11) is -1.48. The van der Waals surface area contributed by atoms with Crippen LogP contribution in [0.5, 0.6) is 0 Å². The van der Waals surface area contributed by atoms with E-state index in [2.05, 4.69) is 4.43 Å². The van der Waals surface area contributed by atoms with Gasteiger partial charge in [-0.3, -0.25) is 0 Å². The molecule has 0 aliphatic rings. The number of carbonyl (C=O) groups is 1. The number of benzene rings is 1. The summed E-state index contributed by atoms with van der Waals surface area (Å²) in [5.41, 5.74) is -1.48. The summed E-state index contributed by atoms with van der Waals surface area (Å²) in [6, 6.07) is -1.25. The normalized spacial score (nSPS) is 12.2. The van der Waals surface area contributed by atoms with Gasteiger partial charge in [-0.1, -0.05) is 0 Å². The van der Waals surface area contributed by atoms with Gasteiger partial charge >= 0.3 is 15.3 Å². The molecule has 0 heterocycles. The van der Waals surface area contributed by atoms with Crippen molar-refractivity contribution >= 4 is 21.0 Å². The lowest BCUT2D eigenvalue weighted by Crippen LogP contribution is -2.39. The summed E-state index contributed by atoms with van der Waals surface area (Å²) in [5, 5.41) is 3.43. The van der Waals surface area contributed by atoms with Gasteiger partial charge in [0, 0.05) is 7.11 Å². The Morgan fingerprint density at radius 3 is 2.00 bits per heavy atom. The number of anilines is 1. The van der Waals surface area contributed by atoms with Gasteiger partial charge in [-0.25, -0.2) is 26.7 Å². The summed E-state index contributed by atoms with van der Waals surface area (Å²) in [6.07, 6.45) is -0.322. The molecule has 0 fully saturated rings. The van der Waals surface area contributed by atoms with E-state index in [4.69, 9.17) is 4.80 Å². The maximum absolute atomic E-state index is 13.2. The topological polar surface area (TPSA) is 70.6 Å². The van der Waals surface area contributed by atoms with Crippen LogP contribution in [0.2, 0.25) is 0 Å². The Hall–Kier alpha value is -1.72. The van der Waals surface area contributed by atoms with Crippen molar-refractivity contribution in [1.82, 2.24) is 5.32 Å². The van der Waals surface area contributed by atoms with Gasteiger partial charge in [-0.05, 0) is 0 Å². The van der Waals surface area contributed by atoms with Crippen molar-refractivity contribution in [2.45, 2.75) is 0 Å². The molecule has 1 aromatic rings. The smallest absolute Gasteiger partial charge is 0.338 e. The molecular weight excluding hydrogens is 307 g/mol. The highest BCUT2D eigenvalue weighted by Gasteiger charge is 2.26. The van der Waals surface area contributed by atoms with Crippen molar-refractivity contribution in [2.24, 2.45) is 0 Å². The molecule has 0 aliphatic heterocycles. The predicted octanol–water partition coefficient (Wildman–Crippen LogP) is 0.902. The molecule has 0 aliphatic carbocycles. The van der Waals surface area contributed by atoms with Gasteiger partial charge in [0.1, 0.15) is 5.69 Å². The van der Waals surface area contributed by atoms with Gasteiger partial charge in [0.15, 0.2) is 23.3 Å². The minimum atomic E-state index is -2.67. The molecule has 1 rings (SSSR count). The molecule has 1 aromatic carbocycles. The number of hydrogen-bond acceptors (Lipinski definition) is 3. The van der Waals surface area contributed by atoms with Crippen LogP contribution in [0.25, 0.3) is 0 Å². The van der Waals surface area contributed by atoms with Gasteiger partial charge in [0.25, 0.3) is 0 Å². The van der Waals surface area contributed by atoms with E-state index in [1.807, 2.05) is 5.32 Å². The zero-order valence-corrected chi connectivity index (χ0v) is 11.1. The lowest BCUT2D eigenvalue weighted by atomic mass is 10.2. The van der Waals surface area contributed by atoms with Gasteiger partial charge in [-0.2, -0.15) is 0 Å². The second-order valence-corrected chi connectivity index (χ2v) is 5.26. The third kappa shape index (κ3) is 3.43. The first-order chi connectivity index (χ1) is 9.29. The molecule has 112 valence electrons. The maximum atomic E-state index is 13.2. The van der Waals surface area contributed by atoms with E-state index in [1.165, 1.54) is 12.4 Å². The van der Waals surface area contributed by atoms with Crippen molar-refractivity contribution in [3.8, 4) is 0 Å². The molecule has 0 saturated carbocycles. The van der Waals surface area contributed by atoms with Gasteiger partial charge < -0.3 is 19.9 Å². The first-order valence-corrected chi connectivity index (χ1v) is 6.87. The maximum Gasteiger partial charge on any atom is 0.338 e. The van der Waals surface area contributed by atoms with E-state index in [1.54, 1.807) is 0 Å². The van der Waals surface area contributed by atoms with Crippen molar-refractivity contribution in [1.29, 1.82) is 0 Å². The molecule has 0 bridgehead atoms. The number of carbonyl (C=O) groups excluding carboxylic acids is 1. The average Bonchev–Trinajstić information content (AvgIpc) is 2.44. The van der Waals surface area contributed by atoms with Crippen molar-refractivity contribution < 1.29 is 36.0 Å². The number of amides is 2. The van der Waals surface area contributed by atoms with Crippen LogP contribution in [0.4, 0.5) is 32.4 Å². The number of rotatable bonds is 4. The summed E-state index contributed by atoms with van der Waals surface area (Å²) >= 11 is 0. The third-order valence-electron chi connectivity index (χ3n) is 2.16. The van der Waals surface area contributed by atoms with Crippen LogP contribution >= 0.6 is 0 Å². The summed E-state index contributed by atoms with van der Waals surface area (Å²) in [5.74, 6) is -11.0. The molecule has 0 spiro atoms. The van der Waals surface area contributed by atoms with Crippen LogP contribution in [-0.4, -0.2) is 33.4 Å². The van der Waals surface area contributed by atoms with Crippen LogP contribution in [0.15, 0.2) is 0 Å². The second kappa shape index (κ2) is 6.63. The van der Waals surface area contributed by atoms with E-state index in [0.717, 1.165) is 0 Å². The molecule has 1 unspecified atom stereocenters. The van der Waals surface area contributed by atoms with Crippen molar-refractivity contribution in [3.05, 3.63) is 29.1 Å². The minimum absolute atomic E-state index is 0.322. The first kappa shape index (κ1) is 16.3. The Balaban J connectivity index is 2.91. The van der Waals surface area contributed by atoms with Crippen LogP contribution in [0.1, 0.15) is 0 Å². The summed E-state index contributed by atoms with van der Waals surface area (Å²) < 4.78 is 69.3. The fraction of sp³-hybridized carbons (Fsp3) is 0.222. The average molecular weight is 316 g/mol. The Morgan fingerprint density at radius 2 is 1.55 bits per heavy atom. The lowest BCUT2D eigenvalue weighted by Gasteiger charge is -2.11. The molecule has 11 heteroatoms. The second-order valence-electron chi connectivity index (χ2n) is 3.47. The van der Waals surface area contributed by atoms with E-state index >= 15 is 0 Å². The van der Waals surface area contributed by atoms with Crippen LogP contribution < -0.4 is 10.6 Å². The van der Waals surface area contributed by atoms with Gasteiger partial charge in [0.05, 0.1) is 6.17 Å². The predicted molar refractivity (Wildman–Crippen MR) is 59.6 cm³/mol. The molecule has 3 N–H and O–H groups in total. The van der Waals surface area contributed by atoms with Crippen LogP contribution in [-0.2, 0) is 4.43 Å². The highest BCUT2D eigenvalue weighted by atomic mass is 28.3. The molecule has 0 radical (unpaired) electrons. The summed E-state index contributed by atoms with van der Waals surface area (Å²) in [6.45, 7) is 0. The largest absolute Gasteiger partial charge is 0.412 e. The van der Waals surface area contributed by atoms with Gasteiger partial charge in [-0.15, -0.1) is 0 Å². The highest BCUT2D eigenvalue weighted by Crippen LogP contribution is 2.26. The first-order valence-electron chi connectivity index (χ1n) is 5.06. The molecule has 2 amide bonds. The Kier molecular flexibility index (Phi) is 5.41. The fourth-order valence-electron chi connectivity index (χ4n) is 1.14. The number of halogens is 5. The molecule has 1 atom stereocenters. The van der Waals surface area contributed by atoms with Crippen LogP contribution in [0, 0.1) is 29.1 Å². The molecule has 0 saturated heterocycles. The molecular formula is C9H9F5N2O3Si. The summed E-state index contributed by atoms with van der Waals surface area (Å²) in [4.78, 5) is 20.3. The number of hydrogen-bond donors (Lipinski definition) is 3. The Bertz CT molecular complexity index is 502. The minimum Gasteiger partial charge on any atom is -0.412 e. The van der Waals surface area contributed by atoms with E-state index in [9.17, 15) is 26.7 Å². The molecule has 20 heavy (non-hydrogen) atoms. The monoisotopic (exact) mass is 316 g/mol. The SMILES string of the molecule is CO[SiH](O)CNC(=O)Nc1c(F)c(F)c(F)c(F)c1F. The quantitative estimate of drug-likeness (QED) is 0.335. The fourth-order valence-corrected chi connectivity index (χ4v) is 1.66. The number of nitrogens with one attached hydrogen (secondary N) is 2. The standard InChI is InChI=1S/C9H9F5N2O3Si/c1-19-20(18)2-15-9(17)16-8-6(13)4(11)3(10)5(12)7(8)14/h18,20H,2H2,1H3,(H2,15,16,17).